The summed E-state index contributed by atoms with van der Waals surface area (Å²) >= 11 is 0. The van der Waals surface area contributed by atoms with E-state index in [1.54, 1.807) is 0 Å². The standard InChI is InChI=1S/C24H12BF15/c1-9-17(18(26)10(2)20(28)19(9)27)25(15-5-11(21(29,30)31)3-12(6-15)22(32,33)34)16-7-13(23(35,36)37)4-14(8-16)24(38,39)40/h3-8H,1-2H3. The van der Waals surface area contributed by atoms with Gasteiger partial charge in [0.05, 0.1) is 22.3 Å². The van der Waals surface area contributed by atoms with Crippen LogP contribution in [0, 0.1) is 31.3 Å². The van der Waals surface area contributed by atoms with E-state index in [4.69, 9.17) is 0 Å². The molecule has 3 rings (SSSR count). The number of hydrogen-bond donors (Lipinski definition) is 0. The molecule has 0 unspecified atom stereocenters. The van der Waals surface area contributed by atoms with Crippen LogP contribution in [-0.4, -0.2) is 6.71 Å². The lowest BCUT2D eigenvalue weighted by molar-refractivity contribution is -0.144. The van der Waals surface area contributed by atoms with Crippen LogP contribution in [0.15, 0.2) is 36.4 Å². The van der Waals surface area contributed by atoms with Gasteiger partial charge in [-0.05, 0) is 37.0 Å². The summed E-state index contributed by atoms with van der Waals surface area (Å²) in [5.41, 5.74) is -14.3. The molecule has 0 aliphatic heterocycles. The van der Waals surface area contributed by atoms with E-state index in [0.717, 1.165) is 0 Å². The van der Waals surface area contributed by atoms with Crippen molar-refractivity contribution in [3.05, 3.63) is 87.2 Å². The maximum absolute atomic E-state index is 15.4. The maximum atomic E-state index is 15.4. The highest BCUT2D eigenvalue weighted by Gasteiger charge is 2.42. The summed E-state index contributed by atoms with van der Waals surface area (Å²) in [5, 5.41) is 0. The Kier molecular flexibility index (Phi) is 7.76. The number of alkyl halides is 12. The Morgan fingerprint density at radius 2 is 0.700 bits per heavy atom. The lowest BCUT2D eigenvalue weighted by Crippen LogP contribution is -2.55. The Morgan fingerprint density at radius 1 is 0.425 bits per heavy atom. The van der Waals surface area contributed by atoms with Gasteiger partial charge in [0.2, 0.25) is 6.71 Å². The van der Waals surface area contributed by atoms with Crippen LogP contribution in [0.1, 0.15) is 33.4 Å². The lowest BCUT2D eigenvalue weighted by atomic mass is 9.35. The minimum Gasteiger partial charge on any atom is -0.207 e. The molecule has 3 aromatic carbocycles. The number of benzene rings is 3. The molecule has 0 spiro atoms. The average Bonchev–Trinajstić information content (AvgIpc) is 2.81. The van der Waals surface area contributed by atoms with Crippen LogP contribution in [-0.2, 0) is 24.7 Å². The summed E-state index contributed by atoms with van der Waals surface area (Å²) < 4.78 is 207. The second kappa shape index (κ2) is 9.94. The zero-order chi connectivity index (χ0) is 30.7. The van der Waals surface area contributed by atoms with Crippen LogP contribution in [0.4, 0.5) is 65.9 Å². The van der Waals surface area contributed by atoms with Gasteiger partial charge in [0, 0.05) is 5.56 Å². The molecule has 0 saturated carbocycles. The zero-order valence-electron chi connectivity index (χ0n) is 19.7. The monoisotopic (exact) mass is 596 g/mol. The summed E-state index contributed by atoms with van der Waals surface area (Å²) in [6, 6.07) is -0.973. The molecule has 0 atom stereocenters. The number of hydrogen-bond acceptors (Lipinski definition) is 0. The molecule has 3 aromatic rings. The molecule has 0 bridgehead atoms. The molecule has 0 aromatic heterocycles. The minimum atomic E-state index is -5.52. The molecule has 0 saturated heterocycles. The van der Waals surface area contributed by atoms with Crippen molar-refractivity contribution in [3.63, 3.8) is 0 Å². The normalized spacial score (nSPS) is 13.1. The van der Waals surface area contributed by atoms with E-state index in [0.29, 0.717) is 13.8 Å². The van der Waals surface area contributed by atoms with Gasteiger partial charge in [0.25, 0.3) is 0 Å². The predicted molar refractivity (Wildman–Crippen MR) is 113 cm³/mol. The zero-order valence-corrected chi connectivity index (χ0v) is 19.7. The first-order valence-corrected chi connectivity index (χ1v) is 10.7. The Bertz CT molecular complexity index is 1270. The van der Waals surface area contributed by atoms with Crippen molar-refractivity contribution in [1.82, 2.24) is 0 Å². The average molecular weight is 596 g/mol. The second-order valence-electron chi connectivity index (χ2n) is 8.72. The maximum Gasteiger partial charge on any atom is 0.416 e. The second-order valence-corrected chi connectivity index (χ2v) is 8.72. The van der Waals surface area contributed by atoms with Crippen molar-refractivity contribution in [2.75, 3.05) is 0 Å². The third-order valence-electron chi connectivity index (χ3n) is 6.00. The molecule has 0 N–H and O–H groups in total. The highest BCUT2D eigenvalue weighted by Crippen LogP contribution is 2.37. The lowest BCUT2D eigenvalue weighted by Gasteiger charge is -2.24. The Labute approximate surface area is 215 Å². The van der Waals surface area contributed by atoms with E-state index in [1.807, 2.05) is 0 Å². The van der Waals surface area contributed by atoms with Crippen LogP contribution in [0.5, 0.6) is 0 Å². The van der Waals surface area contributed by atoms with Gasteiger partial charge in [0.1, 0.15) is 5.82 Å². The van der Waals surface area contributed by atoms with Crippen molar-refractivity contribution >= 4 is 23.1 Å². The highest BCUT2D eigenvalue weighted by molar-refractivity contribution is 6.96. The molecule has 0 amide bonds. The summed E-state index contributed by atoms with van der Waals surface area (Å²) in [4.78, 5) is 0. The van der Waals surface area contributed by atoms with E-state index in [1.165, 1.54) is 0 Å². The van der Waals surface area contributed by atoms with E-state index in [2.05, 4.69) is 0 Å². The Balaban J connectivity index is 2.60. The van der Waals surface area contributed by atoms with Crippen molar-refractivity contribution in [1.29, 1.82) is 0 Å². The third kappa shape index (κ3) is 6.04. The number of rotatable bonds is 3. The van der Waals surface area contributed by atoms with Gasteiger partial charge in [0.15, 0.2) is 11.6 Å². The fourth-order valence-corrected chi connectivity index (χ4v) is 4.07. The topological polar surface area (TPSA) is 0 Å². The molecular formula is C24H12BF15. The molecule has 0 heterocycles. The fraction of sp³-hybridized carbons (Fsp3) is 0.250. The van der Waals surface area contributed by atoms with Gasteiger partial charge in [-0.15, -0.1) is 0 Å². The van der Waals surface area contributed by atoms with E-state index < -0.39 is 98.6 Å². The predicted octanol–water partition coefficient (Wildman–Crippen LogP) is 7.31. The van der Waals surface area contributed by atoms with Gasteiger partial charge in [-0.1, -0.05) is 35.2 Å². The van der Waals surface area contributed by atoms with Crippen LogP contribution < -0.4 is 16.4 Å². The van der Waals surface area contributed by atoms with E-state index >= 15 is 4.39 Å². The SMILES string of the molecule is Cc1c(F)c(F)c(C)c(B(c2cc(C(F)(F)F)cc(C(F)(F)F)c2)c2cc(C(F)(F)F)cc(C(F)(F)F)c2)c1F. The van der Waals surface area contributed by atoms with Crippen LogP contribution >= 0.6 is 0 Å². The van der Waals surface area contributed by atoms with Gasteiger partial charge < -0.3 is 0 Å². The molecular weight excluding hydrogens is 584 g/mol. The largest absolute Gasteiger partial charge is 0.416 e. The third-order valence-corrected chi connectivity index (χ3v) is 6.00. The van der Waals surface area contributed by atoms with E-state index in [9.17, 15) is 61.5 Å². The van der Waals surface area contributed by atoms with Gasteiger partial charge in [-0.3, -0.25) is 0 Å². The summed E-state index contributed by atoms with van der Waals surface area (Å²) in [5.74, 6) is -5.51. The van der Waals surface area contributed by atoms with Crippen LogP contribution in [0.3, 0.4) is 0 Å². The quantitative estimate of drug-likeness (QED) is 0.169. The molecule has 0 nitrogen and oxygen atoms in total. The Morgan fingerprint density at radius 3 is 0.975 bits per heavy atom. The minimum absolute atomic E-state index is 0.0527. The van der Waals surface area contributed by atoms with E-state index in [-0.39, 0.29) is 36.4 Å². The molecule has 16 heteroatoms. The highest BCUT2D eigenvalue weighted by atomic mass is 19.4. The fourth-order valence-electron chi connectivity index (χ4n) is 4.07. The molecule has 216 valence electrons. The molecule has 0 radical (unpaired) electrons. The first-order chi connectivity index (χ1) is 17.9. The van der Waals surface area contributed by atoms with Crippen molar-refractivity contribution in [2.45, 2.75) is 38.6 Å². The van der Waals surface area contributed by atoms with Crippen LogP contribution in [0.25, 0.3) is 0 Å². The van der Waals surface area contributed by atoms with Gasteiger partial charge in [-0.2, -0.15) is 52.7 Å². The summed E-state index contributed by atoms with van der Waals surface area (Å²) in [6.07, 6.45) is -22.1. The van der Waals surface area contributed by atoms with Gasteiger partial charge in [-0.25, -0.2) is 13.2 Å². The Hall–Kier alpha value is -3.33. The smallest absolute Gasteiger partial charge is 0.207 e. The van der Waals surface area contributed by atoms with Gasteiger partial charge >= 0.3 is 24.7 Å². The molecule has 40 heavy (non-hydrogen) atoms. The molecule has 0 aliphatic rings. The van der Waals surface area contributed by atoms with Crippen molar-refractivity contribution < 1.29 is 65.9 Å². The summed E-state index contributed by atoms with van der Waals surface area (Å²) in [6.45, 7) is -1.41. The number of halogens is 15. The van der Waals surface area contributed by atoms with Crippen LogP contribution in [0.2, 0.25) is 0 Å². The van der Waals surface area contributed by atoms with Crippen molar-refractivity contribution in [2.24, 2.45) is 0 Å². The first kappa shape index (κ1) is 31.2. The molecule has 0 aliphatic carbocycles. The first-order valence-electron chi connectivity index (χ1n) is 10.7. The van der Waals surface area contributed by atoms with Crippen molar-refractivity contribution in [3.8, 4) is 0 Å². The molecule has 0 fully saturated rings. The summed E-state index contributed by atoms with van der Waals surface area (Å²) in [7, 11) is 0.